The van der Waals surface area contributed by atoms with Crippen molar-refractivity contribution >= 4 is 10.8 Å². The standard InChI is InChI=1S/C20H20O5/c1-22-17-8-5-12(9-18(17)23-2)13-6-7-16(21)15-11-20(25-4)19(24-3)10-14(13)15/h5-11,21H,1-4H3. The van der Waals surface area contributed by atoms with Crippen LogP contribution in [0, 0.1) is 0 Å². The molecule has 0 spiro atoms. The van der Waals surface area contributed by atoms with Crippen LogP contribution in [0.1, 0.15) is 0 Å². The van der Waals surface area contributed by atoms with Gasteiger partial charge in [0, 0.05) is 5.39 Å². The Hall–Kier alpha value is -3.08. The van der Waals surface area contributed by atoms with Crippen LogP contribution in [0.3, 0.4) is 0 Å². The summed E-state index contributed by atoms with van der Waals surface area (Å²) in [7, 11) is 6.36. The highest BCUT2D eigenvalue weighted by Crippen LogP contribution is 2.42. The van der Waals surface area contributed by atoms with Crippen LogP contribution in [-0.2, 0) is 0 Å². The molecule has 0 radical (unpaired) electrons. The second-order valence-corrected chi connectivity index (χ2v) is 5.45. The molecule has 0 saturated heterocycles. The number of phenols is 1. The van der Waals surface area contributed by atoms with Crippen molar-refractivity contribution in [2.45, 2.75) is 0 Å². The summed E-state index contributed by atoms with van der Waals surface area (Å²) in [6.45, 7) is 0. The van der Waals surface area contributed by atoms with E-state index >= 15 is 0 Å². The number of fused-ring (bicyclic) bond motifs is 1. The van der Waals surface area contributed by atoms with Crippen LogP contribution in [0.25, 0.3) is 21.9 Å². The van der Waals surface area contributed by atoms with Gasteiger partial charge in [-0.15, -0.1) is 0 Å². The van der Waals surface area contributed by atoms with Gasteiger partial charge >= 0.3 is 0 Å². The highest BCUT2D eigenvalue weighted by atomic mass is 16.5. The Balaban J connectivity index is 2.28. The third kappa shape index (κ3) is 2.89. The van der Waals surface area contributed by atoms with E-state index in [1.807, 2.05) is 30.3 Å². The van der Waals surface area contributed by atoms with E-state index in [-0.39, 0.29) is 5.75 Å². The van der Waals surface area contributed by atoms with Gasteiger partial charge in [0.15, 0.2) is 23.0 Å². The van der Waals surface area contributed by atoms with E-state index < -0.39 is 0 Å². The maximum absolute atomic E-state index is 10.3. The summed E-state index contributed by atoms with van der Waals surface area (Å²) in [4.78, 5) is 0. The number of hydrogen-bond acceptors (Lipinski definition) is 5. The first-order chi connectivity index (χ1) is 12.1. The molecule has 130 valence electrons. The first-order valence-electron chi connectivity index (χ1n) is 7.73. The minimum Gasteiger partial charge on any atom is -0.507 e. The third-order valence-electron chi connectivity index (χ3n) is 4.19. The number of benzene rings is 3. The molecule has 0 unspecified atom stereocenters. The monoisotopic (exact) mass is 340 g/mol. The number of hydrogen-bond donors (Lipinski definition) is 1. The fourth-order valence-electron chi connectivity index (χ4n) is 2.91. The van der Waals surface area contributed by atoms with Gasteiger partial charge in [-0.1, -0.05) is 12.1 Å². The van der Waals surface area contributed by atoms with E-state index in [1.54, 1.807) is 40.6 Å². The molecular weight excluding hydrogens is 320 g/mol. The van der Waals surface area contributed by atoms with Gasteiger partial charge in [0.25, 0.3) is 0 Å². The largest absolute Gasteiger partial charge is 0.507 e. The minimum atomic E-state index is 0.181. The van der Waals surface area contributed by atoms with Gasteiger partial charge in [-0.3, -0.25) is 0 Å². The molecule has 3 rings (SSSR count). The molecule has 1 N–H and O–H groups in total. The van der Waals surface area contributed by atoms with Crippen LogP contribution in [0.4, 0.5) is 0 Å². The average molecular weight is 340 g/mol. The van der Waals surface area contributed by atoms with Gasteiger partial charge in [-0.05, 0) is 46.8 Å². The first-order valence-corrected chi connectivity index (χ1v) is 7.73. The molecule has 0 heterocycles. The summed E-state index contributed by atoms with van der Waals surface area (Å²) < 4.78 is 21.4. The van der Waals surface area contributed by atoms with E-state index in [2.05, 4.69) is 0 Å². The number of methoxy groups -OCH3 is 4. The molecule has 0 aliphatic carbocycles. The predicted molar refractivity (Wildman–Crippen MR) is 97.3 cm³/mol. The highest BCUT2D eigenvalue weighted by Gasteiger charge is 2.14. The molecule has 0 fully saturated rings. The van der Waals surface area contributed by atoms with Crippen LogP contribution in [0.5, 0.6) is 28.7 Å². The zero-order chi connectivity index (χ0) is 18.0. The number of ether oxygens (including phenoxy) is 4. The molecule has 0 amide bonds. The Morgan fingerprint density at radius 3 is 1.76 bits per heavy atom. The van der Waals surface area contributed by atoms with Gasteiger partial charge in [-0.25, -0.2) is 0 Å². The Morgan fingerprint density at radius 1 is 0.600 bits per heavy atom. The number of rotatable bonds is 5. The summed E-state index contributed by atoms with van der Waals surface area (Å²) in [6, 6.07) is 12.9. The maximum Gasteiger partial charge on any atom is 0.161 e. The fraction of sp³-hybridized carbons (Fsp3) is 0.200. The average Bonchev–Trinajstić information content (AvgIpc) is 2.66. The van der Waals surface area contributed by atoms with Crippen molar-refractivity contribution in [3.05, 3.63) is 42.5 Å². The Labute approximate surface area is 146 Å². The minimum absolute atomic E-state index is 0.181. The van der Waals surface area contributed by atoms with Crippen LogP contribution in [0.15, 0.2) is 42.5 Å². The van der Waals surface area contributed by atoms with Crippen molar-refractivity contribution in [3.8, 4) is 39.9 Å². The molecule has 0 aliphatic rings. The summed E-state index contributed by atoms with van der Waals surface area (Å²) in [5.41, 5.74) is 1.88. The lowest BCUT2D eigenvalue weighted by molar-refractivity contribution is 0.355. The quantitative estimate of drug-likeness (QED) is 0.752. The third-order valence-corrected chi connectivity index (χ3v) is 4.19. The lowest BCUT2D eigenvalue weighted by Crippen LogP contribution is -1.93. The van der Waals surface area contributed by atoms with Crippen molar-refractivity contribution in [1.82, 2.24) is 0 Å². The normalized spacial score (nSPS) is 10.6. The van der Waals surface area contributed by atoms with Crippen molar-refractivity contribution in [2.24, 2.45) is 0 Å². The Bertz CT molecular complexity index is 918. The topological polar surface area (TPSA) is 57.2 Å². The number of phenolic OH excluding ortho intramolecular Hbond substituents is 1. The molecule has 5 nitrogen and oxygen atoms in total. The van der Waals surface area contributed by atoms with Gasteiger partial charge in [-0.2, -0.15) is 0 Å². The molecule has 3 aromatic rings. The predicted octanol–water partition coefficient (Wildman–Crippen LogP) is 4.25. The van der Waals surface area contributed by atoms with E-state index in [0.29, 0.717) is 28.4 Å². The lowest BCUT2D eigenvalue weighted by atomic mass is 9.96. The second kappa shape index (κ2) is 6.81. The molecule has 0 aliphatic heterocycles. The lowest BCUT2D eigenvalue weighted by Gasteiger charge is -2.14. The molecule has 25 heavy (non-hydrogen) atoms. The molecule has 0 aromatic heterocycles. The van der Waals surface area contributed by atoms with E-state index in [1.165, 1.54) is 0 Å². The summed E-state index contributed by atoms with van der Waals surface area (Å²) in [5, 5.41) is 11.8. The van der Waals surface area contributed by atoms with Crippen LogP contribution < -0.4 is 18.9 Å². The van der Waals surface area contributed by atoms with Crippen molar-refractivity contribution in [2.75, 3.05) is 28.4 Å². The summed E-state index contributed by atoms with van der Waals surface area (Å²) in [6.07, 6.45) is 0. The van der Waals surface area contributed by atoms with Crippen LogP contribution in [-0.4, -0.2) is 33.5 Å². The molecule has 5 heteroatoms. The fourth-order valence-corrected chi connectivity index (χ4v) is 2.91. The molecule has 0 bridgehead atoms. The maximum atomic E-state index is 10.3. The smallest absolute Gasteiger partial charge is 0.161 e. The van der Waals surface area contributed by atoms with E-state index in [0.717, 1.165) is 16.5 Å². The highest BCUT2D eigenvalue weighted by molar-refractivity contribution is 6.02. The van der Waals surface area contributed by atoms with Crippen LogP contribution in [0.2, 0.25) is 0 Å². The first kappa shape index (κ1) is 16.8. The Kier molecular flexibility index (Phi) is 4.57. The van der Waals surface area contributed by atoms with Crippen molar-refractivity contribution < 1.29 is 24.1 Å². The van der Waals surface area contributed by atoms with Gasteiger partial charge in [0.05, 0.1) is 28.4 Å². The van der Waals surface area contributed by atoms with Crippen molar-refractivity contribution in [3.63, 3.8) is 0 Å². The van der Waals surface area contributed by atoms with E-state index in [4.69, 9.17) is 18.9 Å². The molecule has 0 atom stereocenters. The second-order valence-electron chi connectivity index (χ2n) is 5.45. The summed E-state index contributed by atoms with van der Waals surface area (Å²) >= 11 is 0. The molecule has 0 saturated carbocycles. The SMILES string of the molecule is COc1ccc(-c2ccc(O)c3cc(OC)c(OC)cc23)cc1OC. The van der Waals surface area contributed by atoms with Crippen LogP contribution >= 0.6 is 0 Å². The number of aromatic hydroxyl groups is 1. The van der Waals surface area contributed by atoms with Gasteiger partial charge in [0.2, 0.25) is 0 Å². The molecule has 3 aromatic carbocycles. The Morgan fingerprint density at radius 2 is 1.16 bits per heavy atom. The van der Waals surface area contributed by atoms with E-state index in [9.17, 15) is 5.11 Å². The molecular formula is C20H20O5. The van der Waals surface area contributed by atoms with Gasteiger partial charge in [0.1, 0.15) is 5.75 Å². The van der Waals surface area contributed by atoms with Gasteiger partial charge < -0.3 is 24.1 Å². The zero-order valence-electron chi connectivity index (χ0n) is 14.6. The summed E-state index contributed by atoms with van der Waals surface area (Å²) in [5.74, 6) is 2.65. The zero-order valence-corrected chi connectivity index (χ0v) is 14.6. The van der Waals surface area contributed by atoms with Crippen molar-refractivity contribution in [1.29, 1.82) is 0 Å².